The average Bonchev–Trinajstić information content (AvgIpc) is 1.59. The Hall–Kier alpha value is -4.53. The van der Waals surface area contributed by atoms with E-state index < -0.39 is 69.4 Å². The number of H-pyrrole nitrogens is 2. The molecule has 98 heavy (non-hydrogen) atoms. The number of carbonyl (C=O) groups is 2. The van der Waals surface area contributed by atoms with Crippen LogP contribution >= 0.6 is 17.0 Å². The molecule has 4 aromatic heterocycles. The van der Waals surface area contributed by atoms with Crippen molar-refractivity contribution < 1.29 is 46.6 Å². The van der Waals surface area contributed by atoms with Gasteiger partial charge in [-0.1, -0.05) is 97.9 Å². The number of fused-ring (bicyclic) bond motifs is 2. The molecule has 0 aromatic carbocycles. The number of rotatable bonds is 25. The normalized spacial score (nSPS) is 23.8. The zero-order valence-electron chi connectivity index (χ0n) is 62.1. The standard InChI is InChI=1S/C30H52N7O6PSi.C21H35N5O5Si.C14H28N3OP.2CH4/c1-18(2)26(38)34-29-33-25-23(27(39)35-29)32-17-36(25)28-24(43-45(11,12)30(8,9)10)21(7)22(42-28)16-41-44(40-15-13-14-31)37(19(3)4)20(5)6;1-11(2)17(28)24-20-23-16-14(18(29)25-20)22-10-26(16)19-15(12(3)13(9-27)30-19)31-32(7,8)21(4,5)6;1-11(2)16-13(5)10-14(6)17(12(3)4)19(16)18-9-8-15-7;;/h17-22,24,28H,13,15-16H2,1-12H3,(H2,33,34,35,38,39);10-13,15,19,27H,9H2,1-8H3,(H2,23,24,25,28,29);11-14H,8-10H2,1-6H3;2*1H4/t21-,22-,24-,28-,44?;12-,13-,15-,19-;;;/m11.../s1. The topological polar surface area (TPSA) is 308 Å². The van der Waals surface area contributed by atoms with E-state index in [2.05, 4.69) is 209 Å². The number of aromatic nitrogens is 8. The van der Waals surface area contributed by atoms with Gasteiger partial charge in [-0.15, -0.1) is 0 Å². The van der Waals surface area contributed by atoms with E-state index in [4.69, 9.17) is 43.7 Å². The zero-order valence-corrected chi connectivity index (χ0v) is 65.9. The van der Waals surface area contributed by atoms with Gasteiger partial charge in [0, 0.05) is 59.9 Å². The monoisotopic (exact) mass is 1450 g/mol. The van der Waals surface area contributed by atoms with Gasteiger partial charge < -0.3 is 41.8 Å². The second-order valence-electron chi connectivity index (χ2n) is 30.2. The molecule has 0 spiro atoms. The molecule has 3 aliphatic rings. The Morgan fingerprint density at radius 2 is 1.14 bits per heavy atom. The maximum atomic E-state index is 13.0. The van der Waals surface area contributed by atoms with E-state index in [-0.39, 0.29) is 145 Å². The minimum Gasteiger partial charge on any atom is -0.409 e. The molecule has 0 radical (unpaired) electrons. The van der Waals surface area contributed by atoms with Gasteiger partial charge in [-0.25, -0.2) is 30.6 Å². The SMILES string of the molecule is C.C.CC(C)C(=O)Nc1nc2c(ncn2[C@@H]2O[C@H](CO)[C@@H](C)[C@H]2O[Si](C)(C)C(C)(C)C)c(=O)[nH]1.CC(C)C(=O)Nc1nc2c(ncn2[C@@H]2O[C@H](COP(OCCC#N)N(C(C)C)C(C)C)[C@@H](C)[C@H]2O[Si](C)(C)C(C)(C)C)c(=O)[nH]1.[C-]#[N+]CCOP1N(C(C)C)C(C)CC(C)N1C(C)C. The zero-order chi connectivity index (χ0) is 72.4. The molecule has 3 unspecified atom stereocenters. The number of aromatic amines is 2. The van der Waals surface area contributed by atoms with Crippen LogP contribution in [0.5, 0.6) is 0 Å². The fourth-order valence-electron chi connectivity index (χ4n) is 11.1. The van der Waals surface area contributed by atoms with Crippen molar-refractivity contribution in [3.63, 3.8) is 0 Å². The molecule has 3 saturated heterocycles. The van der Waals surface area contributed by atoms with Crippen LogP contribution in [0.4, 0.5) is 11.9 Å². The maximum absolute atomic E-state index is 13.0. The molecule has 0 saturated carbocycles. The summed E-state index contributed by atoms with van der Waals surface area (Å²) in [7, 11) is -6.68. The van der Waals surface area contributed by atoms with E-state index in [1.807, 2.05) is 6.92 Å². The Balaban J connectivity index is 0.000000411. The molecule has 3 aliphatic heterocycles. The summed E-state index contributed by atoms with van der Waals surface area (Å²) in [5.74, 6) is -1.19. The average molecular weight is 1450 g/mol. The van der Waals surface area contributed by atoms with E-state index in [1.54, 1.807) is 43.2 Å². The smallest absolute Gasteiger partial charge is 0.280 e. The van der Waals surface area contributed by atoms with Crippen molar-refractivity contribution in [2.24, 2.45) is 23.7 Å². The van der Waals surface area contributed by atoms with Gasteiger partial charge in [0.1, 0.15) is 6.61 Å². The predicted molar refractivity (Wildman–Crippen MR) is 397 cm³/mol. The lowest BCUT2D eigenvalue weighted by atomic mass is 10.0. The Morgan fingerprint density at radius 1 is 0.735 bits per heavy atom. The van der Waals surface area contributed by atoms with Crippen LogP contribution in [0.3, 0.4) is 0 Å². The van der Waals surface area contributed by atoms with Crippen LogP contribution in [0.15, 0.2) is 22.2 Å². The third-order valence-electron chi connectivity index (χ3n) is 18.5. The third-order valence-corrected chi connectivity index (χ3v) is 32.4. The molecular formula is C67H123N15O12P2Si2. The Labute approximate surface area is 589 Å². The first kappa shape index (κ1) is 87.7. The first-order valence-electron chi connectivity index (χ1n) is 33.9. The molecule has 4 aromatic rings. The highest BCUT2D eigenvalue weighted by atomic mass is 31.2. The fourth-order valence-corrected chi connectivity index (χ4v) is 17.9. The van der Waals surface area contributed by atoms with Crippen molar-refractivity contribution in [1.29, 1.82) is 5.26 Å². The van der Waals surface area contributed by atoms with Gasteiger partial charge in [0.2, 0.25) is 30.3 Å². The van der Waals surface area contributed by atoms with Gasteiger partial charge in [0.25, 0.3) is 19.6 Å². The first-order chi connectivity index (χ1) is 44.5. The minimum absolute atomic E-state index is 0. The van der Waals surface area contributed by atoms with Gasteiger partial charge >= 0.3 is 0 Å². The van der Waals surface area contributed by atoms with Crippen molar-refractivity contribution in [2.45, 2.75) is 289 Å². The summed E-state index contributed by atoms with van der Waals surface area (Å²) in [5, 5.41) is 24.2. The lowest BCUT2D eigenvalue weighted by molar-refractivity contribution is -0.119. The highest BCUT2D eigenvalue weighted by Gasteiger charge is 2.52. The quantitative estimate of drug-likeness (QED) is 0.0178. The fraction of sp³-hybridized carbons (Fsp3) is 0.791. The summed E-state index contributed by atoms with van der Waals surface area (Å²) in [4.78, 5) is 76.2. The number of aliphatic hydroxyl groups excluding tert-OH is 1. The second kappa shape index (κ2) is 37.1. The molecule has 5 N–H and O–H groups in total. The van der Waals surface area contributed by atoms with Crippen molar-refractivity contribution in [1.82, 2.24) is 53.0 Å². The Kier molecular flexibility index (Phi) is 33.2. The van der Waals surface area contributed by atoms with Crippen LogP contribution in [0.2, 0.25) is 36.3 Å². The van der Waals surface area contributed by atoms with Crippen LogP contribution in [0.1, 0.15) is 192 Å². The second-order valence-corrected chi connectivity index (χ2v) is 42.8. The lowest BCUT2D eigenvalue weighted by Crippen LogP contribution is -2.51. The number of carbonyl (C=O) groups excluding carboxylic acids is 2. The lowest BCUT2D eigenvalue weighted by Gasteiger charge is -2.52. The molecule has 0 aliphatic carbocycles. The van der Waals surface area contributed by atoms with Gasteiger partial charge in [-0.2, -0.15) is 15.2 Å². The minimum atomic E-state index is -2.29. The van der Waals surface area contributed by atoms with Crippen molar-refractivity contribution in [3.8, 4) is 6.07 Å². The number of anilines is 2. The van der Waals surface area contributed by atoms with Crippen LogP contribution in [-0.4, -0.2) is 180 Å². The molecule has 2 amide bonds. The molecule has 31 heteroatoms. The summed E-state index contributed by atoms with van der Waals surface area (Å²) in [5.41, 5.74) is -0.0748. The van der Waals surface area contributed by atoms with Gasteiger partial charge in [0.15, 0.2) is 59.9 Å². The molecule has 27 nitrogen and oxygen atoms in total. The van der Waals surface area contributed by atoms with Crippen molar-refractivity contribution >= 4 is 79.6 Å². The number of hydrogen-bond donors (Lipinski definition) is 5. The summed E-state index contributed by atoms with van der Waals surface area (Å²) < 4.78 is 55.9. The number of hydrogen-bond acceptors (Lipinski definition) is 20. The number of aliphatic hydroxyl groups is 1. The number of nitrogens with one attached hydrogen (secondary N) is 4. The molecule has 11 atom stereocenters. The largest absolute Gasteiger partial charge is 0.409 e. The van der Waals surface area contributed by atoms with E-state index in [9.17, 15) is 24.3 Å². The van der Waals surface area contributed by atoms with Gasteiger partial charge in [-0.3, -0.25) is 48.9 Å². The predicted octanol–water partition coefficient (Wildman–Crippen LogP) is 13.6. The summed E-state index contributed by atoms with van der Waals surface area (Å²) in [6.45, 7) is 63.0. The maximum Gasteiger partial charge on any atom is 0.280 e. The van der Waals surface area contributed by atoms with E-state index in [0.29, 0.717) is 37.3 Å². The Bertz CT molecular complexity index is 3360. The molecule has 7 heterocycles. The van der Waals surface area contributed by atoms with Gasteiger partial charge in [-0.05, 0) is 112 Å². The van der Waals surface area contributed by atoms with Crippen LogP contribution in [0, 0.1) is 41.6 Å². The summed E-state index contributed by atoms with van der Waals surface area (Å²) in [6.07, 6.45) is 1.65. The number of nitrogens with zero attached hydrogens (tertiary/aromatic N) is 11. The van der Waals surface area contributed by atoms with Crippen molar-refractivity contribution in [3.05, 3.63) is 44.8 Å². The molecule has 556 valence electrons. The highest BCUT2D eigenvalue weighted by Crippen LogP contribution is 2.55. The number of nitriles is 1. The van der Waals surface area contributed by atoms with Crippen LogP contribution in [-0.2, 0) is 41.5 Å². The highest BCUT2D eigenvalue weighted by molar-refractivity contribution is 7.47. The number of amides is 2. The van der Waals surface area contributed by atoms with Crippen LogP contribution in [0.25, 0.3) is 27.2 Å². The third kappa shape index (κ3) is 21.5. The van der Waals surface area contributed by atoms with Crippen molar-refractivity contribution in [2.75, 3.05) is 43.6 Å². The number of imidazole rings is 2. The van der Waals surface area contributed by atoms with E-state index >= 15 is 0 Å². The molecule has 7 rings (SSSR count). The van der Waals surface area contributed by atoms with E-state index in [0.717, 1.165) is 0 Å². The summed E-state index contributed by atoms with van der Waals surface area (Å²) >= 11 is 0. The molecule has 3 fully saturated rings. The van der Waals surface area contributed by atoms with Gasteiger partial charge in [0.05, 0.1) is 69.4 Å². The molecular weight excluding hydrogens is 1320 g/mol. The first-order valence-corrected chi connectivity index (χ1v) is 42.0. The van der Waals surface area contributed by atoms with E-state index in [1.165, 1.54) is 12.7 Å². The Morgan fingerprint density at radius 3 is 1.50 bits per heavy atom. The summed E-state index contributed by atoms with van der Waals surface area (Å²) in [6, 6.07) is 4.50. The van der Waals surface area contributed by atoms with Crippen LogP contribution < -0.4 is 21.8 Å². The molecule has 0 bridgehead atoms. The number of ether oxygens (including phenoxy) is 2.